The molecule has 29 heavy (non-hydrogen) atoms. The topological polar surface area (TPSA) is 68.3 Å². The summed E-state index contributed by atoms with van der Waals surface area (Å²) in [5, 5.41) is 0.354. The first-order chi connectivity index (χ1) is 13.4. The summed E-state index contributed by atoms with van der Waals surface area (Å²) < 4.78 is 77.5. The van der Waals surface area contributed by atoms with Gasteiger partial charge in [-0.3, -0.25) is 0 Å². The van der Waals surface area contributed by atoms with Crippen LogP contribution in [0.2, 0.25) is 5.02 Å². The molecule has 1 fully saturated rings. The Kier molecular flexibility index (Phi) is 6.09. The third kappa shape index (κ3) is 4.49. The lowest BCUT2D eigenvalue weighted by molar-refractivity contribution is 0.303. The van der Waals surface area contributed by atoms with Crippen molar-refractivity contribution in [2.45, 2.75) is 35.3 Å². The predicted molar refractivity (Wildman–Crippen MR) is 108 cm³/mol. The van der Waals surface area contributed by atoms with E-state index in [2.05, 4.69) is 0 Å². The van der Waals surface area contributed by atoms with Gasteiger partial charge in [0.2, 0.25) is 0 Å². The average molecular weight is 463 g/mol. The molecule has 0 heterocycles. The van der Waals surface area contributed by atoms with Gasteiger partial charge in [-0.25, -0.2) is 25.6 Å². The molecule has 1 saturated carbocycles. The van der Waals surface area contributed by atoms with E-state index in [0.717, 1.165) is 24.5 Å². The van der Waals surface area contributed by atoms with Gasteiger partial charge in [-0.2, -0.15) is 0 Å². The summed E-state index contributed by atoms with van der Waals surface area (Å²) >= 11 is 5.86. The van der Waals surface area contributed by atoms with Crippen molar-refractivity contribution in [2.75, 3.05) is 12.0 Å². The zero-order valence-electron chi connectivity index (χ0n) is 15.7. The van der Waals surface area contributed by atoms with Crippen LogP contribution in [0, 0.1) is 17.6 Å². The van der Waals surface area contributed by atoms with E-state index in [1.54, 1.807) is 0 Å². The number of hydrogen-bond acceptors (Lipinski definition) is 4. The molecule has 1 aliphatic rings. The van der Waals surface area contributed by atoms with Crippen molar-refractivity contribution >= 4 is 31.3 Å². The summed E-state index contributed by atoms with van der Waals surface area (Å²) in [5.41, 5.74) is -0.217. The molecule has 0 aliphatic heterocycles. The van der Waals surface area contributed by atoms with E-state index in [9.17, 15) is 25.6 Å². The lowest BCUT2D eigenvalue weighted by atomic mass is 9.78. The van der Waals surface area contributed by atoms with E-state index in [0.29, 0.717) is 5.02 Å². The molecule has 4 nitrogen and oxygen atoms in total. The van der Waals surface area contributed by atoms with Gasteiger partial charge in [-0.15, -0.1) is 0 Å². The first-order valence-corrected chi connectivity index (χ1v) is 13.0. The van der Waals surface area contributed by atoms with Crippen molar-refractivity contribution in [2.24, 2.45) is 5.92 Å². The number of rotatable bonds is 5. The fourth-order valence-corrected chi connectivity index (χ4v) is 7.59. The highest BCUT2D eigenvalue weighted by Crippen LogP contribution is 2.49. The van der Waals surface area contributed by atoms with Crippen LogP contribution in [0.3, 0.4) is 0 Å². The van der Waals surface area contributed by atoms with Gasteiger partial charge in [0, 0.05) is 16.8 Å². The van der Waals surface area contributed by atoms with Crippen molar-refractivity contribution in [1.82, 2.24) is 0 Å². The van der Waals surface area contributed by atoms with E-state index >= 15 is 0 Å². The minimum Gasteiger partial charge on any atom is -0.229 e. The molecule has 0 atom stereocenters. The van der Waals surface area contributed by atoms with Crippen molar-refractivity contribution in [3.8, 4) is 0 Å². The fraction of sp³-hybridized carbons (Fsp3) is 0.400. The van der Waals surface area contributed by atoms with Crippen LogP contribution >= 0.6 is 11.6 Å². The van der Waals surface area contributed by atoms with Gasteiger partial charge in [0.1, 0.15) is 26.2 Å². The molecule has 2 aromatic rings. The number of sulfone groups is 2. The molecule has 0 radical (unpaired) electrons. The van der Waals surface area contributed by atoms with E-state index in [4.69, 9.17) is 11.6 Å². The van der Waals surface area contributed by atoms with Gasteiger partial charge in [0.25, 0.3) is 0 Å². The number of halogens is 3. The third-order valence-corrected chi connectivity index (χ3v) is 9.39. The molecule has 1 aliphatic carbocycles. The molecule has 0 spiro atoms. The second-order valence-corrected chi connectivity index (χ2v) is 12.5. The Labute approximate surface area is 174 Å². The Balaban J connectivity index is 2.11. The second-order valence-electron chi connectivity index (χ2n) is 7.61. The smallest absolute Gasteiger partial charge is 0.188 e. The van der Waals surface area contributed by atoms with E-state index < -0.39 is 36.1 Å². The molecular formula is C20H21ClF2O4S2. The fourth-order valence-electron chi connectivity index (χ4n) is 4.11. The highest BCUT2D eigenvalue weighted by Gasteiger charge is 2.50. The SMILES string of the molecule is CS(=O)(=O)CC1CCC(c2cc(F)ccc2F)(S(=O)(=O)c2ccc(Cl)cc2)CC1. The Morgan fingerprint density at radius 2 is 1.59 bits per heavy atom. The molecular weight excluding hydrogens is 442 g/mol. The molecule has 0 unspecified atom stereocenters. The lowest BCUT2D eigenvalue weighted by Gasteiger charge is -2.40. The monoisotopic (exact) mass is 462 g/mol. The van der Waals surface area contributed by atoms with E-state index in [-0.39, 0.29) is 47.8 Å². The van der Waals surface area contributed by atoms with Gasteiger partial charge in [-0.1, -0.05) is 11.6 Å². The minimum absolute atomic E-state index is 0.00147. The first kappa shape index (κ1) is 22.2. The van der Waals surface area contributed by atoms with Crippen LogP contribution in [0.25, 0.3) is 0 Å². The summed E-state index contributed by atoms with van der Waals surface area (Å²) in [7, 11) is -7.35. The molecule has 3 rings (SSSR count). The Morgan fingerprint density at radius 1 is 1.00 bits per heavy atom. The molecule has 9 heteroatoms. The molecule has 2 aromatic carbocycles. The maximum atomic E-state index is 14.7. The quantitative estimate of drug-likeness (QED) is 0.655. The van der Waals surface area contributed by atoms with Gasteiger partial charge >= 0.3 is 0 Å². The van der Waals surface area contributed by atoms with Crippen LogP contribution in [-0.2, 0) is 24.4 Å². The largest absolute Gasteiger partial charge is 0.229 e. The summed E-state index contributed by atoms with van der Waals surface area (Å²) in [6, 6.07) is 8.35. The molecule has 0 bridgehead atoms. The maximum absolute atomic E-state index is 14.7. The number of hydrogen-bond donors (Lipinski definition) is 0. The van der Waals surface area contributed by atoms with Gasteiger partial charge in [0.05, 0.1) is 10.6 Å². The van der Waals surface area contributed by atoms with Crippen molar-refractivity contribution < 1.29 is 25.6 Å². The van der Waals surface area contributed by atoms with Crippen LogP contribution in [0.15, 0.2) is 47.4 Å². The zero-order chi connectivity index (χ0) is 21.4. The van der Waals surface area contributed by atoms with E-state index in [1.807, 2.05) is 0 Å². The second kappa shape index (κ2) is 7.96. The molecule has 158 valence electrons. The van der Waals surface area contributed by atoms with Crippen LogP contribution in [0.5, 0.6) is 0 Å². The summed E-state index contributed by atoms with van der Waals surface area (Å²) in [4.78, 5) is -0.0351. The van der Waals surface area contributed by atoms with Gasteiger partial charge in [0.15, 0.2) is 9.84 Å². The van der Waals surface area contributed by atoms with Gasteiger partial charge < -0.3 is 0 Å². The Hall–Kier alpha value is -1.51. The summed E-state index contributed by atoms with van der Waals surface area (Å²) in [6.45, 7) is 0. The Bertz CT molecular complexity index is 1110. The average Bonchev–Trinajstić information content (AvgIpc) is 2.63. The summed E-state index contributed by atoms with van der Waals surface area (Å²) in [5.74, 6) is -1.82. The Morgan fingerprint density at radius 3 is 2.14 bits per heavy atom. The summed E-state index contributed by atoms with van der Waals surface area (Å²) in [6.07, 6.45) is 1.67. The van der Waals surface area contributed by atoms with Crippen LogP contribution in [-0.4, -0.2) is 28.8 Å². The van der Waals surface area contributed by atoms with Crippen LogP contribution < -0.4 is 0 Å². The highest BCUT2D eigenvalue weighted by molar-refractivity contribution is 7.92. The van der Waals surface area contributed by atoms with Crippen LogP contribution in [0.1, 0.15) is 31.2 Å². The zero-order valence-corrected chi connectivity index (χ0v) is 18.1. The van der Waals surface area contributed by atoms with Crippen LogP contribution in [0.4, 0.5) is 8.78 Å². The highest BCUT2D eigenvalue weighted by atomic mass is 35.5. The molecule has 0 saturated heterocycles. The molecule has 0 aromatic heterocycles. The number of benzene rings is 2. The van der Waals surface area contributed by atoms with Crippen molar-refractivity contribution in [1.29, 1.82) is 0 Å². The van der Waals surface area contributed by atoms with Crippen molar-refractivity contribution in [3.63, 3.8) is 0 Å². The standard InChI is InChI=1S/C20H21ClF2O4S2/c1-28(24,25)13-14-8-10-20(11-9-14,18-12-16(22)4-7-19(18)23)29(26,27)17-5-2-15(21)3-6-17/h2-7,12,14H,8-11,13H2,1H3. The van der Waals surface area contributed by atoms with Gasteiger partial charge in [-0.05, 0) is 74.1 Å². The lowest BCUT2D eigenvalue weighted by Crippen LogP contribution is -2.41. The van der Waals surface area contributed by atoms with E-state index in [1.165, 1.54) is 24.3 Å². The first-order valence-electron chi connectivity index (χ1n) is 9.08. The van der Waals surface area contributed by atoms with Crippen molar-refractivity contribution in [3.05, 3.63) is 64.7 Å². The normalized spacial score (nSPS) is 23.1. The maximum Gasteiger partial charge on any atom is 0.188 e. The third-order valence-electron chi connectivity index (χ3n) is 5.51. The minimum atomic E-state index is -4.11. The molecule has 0 N–H and O–H groups in total. The molecule has 0 amide bonds. The predicted octanol–water partition coefficient (Wildman–Crippen LogP) is 4.52.